The number of carbonyl (C=O) groups excluding carboxylic acids is 3. The standard InChI is InChI=1S/C12H19N3O5/c1-12(2)10(19)15(11(20)14-12)7-3-4-8(16)13-6-5-9(17)18/h3-7H2,1-2H3,(H,13,16)(H,14,20)(H,17,18). The largest absolute Gasteiger partial charge is 0.481 e. The zero-order valence-corrected chi connectivity index (χ0v) is 11.6. The van der Waals surface area contributed by atoms with Gasteiger partial charge in [-0.3, -0.25) is 19.3 Å². The van der Waals surface area contributed by atoms with Crippen LogP contribution >= 0.6 is 0 Å². The van der Waals surface area contributed by atoms with Crippen LogP contribution in [-0.2, 0) is 14.4 Å². The first-order valence-electron chi connectivity index (χ1n) is 6.36. The second-order valence-corrected chi connectivity index (χ2v) is 5.11. The molecule has 3 N–H and O–H groups in total. The zero-order chi connectivity index (χ0) is 15.3. The molecule has 4 amide bonds. The molecule has 1 rings (SSSR count). The van der Waals surface area contributed by atoms with E-state index in [2.05, 4.69) is 10.6 Å². The van der Waals surface area contributed by atoms with E-state index in [1.165, 1.54) is 0 Å². The van der Waals surface area contributed by atoms with E-state index in [1.807, 2.05) is 0 Å². The highest BCUT2D eigenvalue weighted by Gasteiger charge is 2.43. The van der Waals surface area contributed by atoms with Crippen LogP contribution in [0.3, 0.4) is 0 Å². The minimum atomic E-state index is -0.980. The van der Waals surface area contributed by atoms with Crippen molar-refractivity contribution >= 4 is 23.8 Å². The van der Waals surface area contributed by atoms with Gasteiger partial charge in [-0.25, -0.2) is 4.79 Å². The van der Waals surface area contributed by atoms with Gasteiger partial charge in [0, 0.05) is 19.5 Å². The fraction of sp³-hybridized carbons (Fsp3) is 0.667. The fourth-order valence-electron chi connectivity index (χ4n) is 1.82. The maximum atomic E-state index is 11.8. The summed E-state index contributed by atoms with van der Waals surface area (Å²) in [6.45, 7) is 3.47. The predicted molar refractivity (Wildman–Crippen MR) is 68.8 cm³/mol. The first kappa shape index (κ1) is 15.9. The Morgan fingerprint density at radius 2 is 1.95 bits per heavy atom. The summed E-state index contributed by atoms with van der Waals surface area (Å²) in [5, 5.41) is 13.4. The summed E-state index contributed by atoms with van der Waals surface area (Å²) in [5.41, 5.74) is -0.902. The SMILES string of the molecule is CC1(C)NC(=O)N(CCCC(=O)NCCC(=O)O)C1=O. The van der Waals surface area contributed by atoms with Crippen LogP contribution in [0.25, 0.3) is 0 Å². The number of nitrogens with one attached hydrogen (secondary N) is 2. The van der Waals surface area contributed by atoms with Crippen molar-refractivity contribution in [3.63, 3.8) is 0 Å². The normalized spacial score (nSPS) is 17.0. The molecule has 1 saturated heterocycles. The molecule has 0 saturated carbocycles. The van der Waals surface area contributed by atoms with Gasteiger partial charge in [-0.1, -0.05) is 0 Å². The second-order valence-electron chi connectivity index (χ2n) is 5.11. The van der Waals surface area contributed by atoms with Crippen molar-refractivity contribution in [1.29, 1.82) is 0 Å². The molecule has 112 valence electrons. The summed E-state index contributed by atoms with van der Waals surface area (Å²) >= 11 is 0. The van der Waals surface area contributed by atoms with E-state index in [9.17, 15) is 19.2 Å². The molecule has 1 aliphatic rings. The van der Waals surface area contributed by atoms with Crippen LogP contribution in [0.2, 0.25) is 0 Å². The van der Waals surface area contributed by atoms with Crippen molar-refractivity contribution in [3.8, 4) is 0 Å². The topological polar surface area (TPSA) is 116 Å². The Kier molecular flexibility index (Phi) is 5.06. The van der Waals surface area contributed by atoms with Gasteiger partial charge in [-0.15, -0.1) is 0 Å². The molecule has 1 fully saturated rings. The molecule has 0 bridgehead atoms. The van der Waals surface area contributed by atoms with Gasteiger partial charge in [0.2, 0.25) is 5.91 Å². The van der Waals surface area contributed by atoms with Gasteiger partial charge in [0.15, 0.2) is 0 Å². The number of aliphatic carboxylic acids is 1. The number of carboxylic acids is 1. The van der Waals surface area contributed by atoms with E-state index in [4.69, 9.17) is 5.11 Å². The summed E-state index contributed by atoms with van der Waals surface area (Å²) in [7, 11) is 0. The Hall–Kier alpha value is -2.12. The number of hydrogen-bond donors (Lipinski definition) is 3. The van der Waals surface area contributed by atoms with Crippen LogP contribution < -0.4 is 10.6 Å². The number of carboxylic acid groups (broad SMARTS) is 1. The van der Waals surface area contributed by atoms with Crippen LogP contribution in [0.5, 0.6) is 0 Å². The minimum Gasteiger partial charge on any atom is -0.481 e. The maximum absolute atomic E-state index is 11.8. The van der Waals surface area contributed by atoms with Crippen LogP contribution in [0.4, 0.5) is 4.79 Å². The molecule has 8 nitrogen and oxygen atoms in total. The van der Waals surface area contributed by atoms with Gasteiger partial charge in [-0.05, 0) is 20.3 Å². The first-order valence-corrected chi connectivity index (χ1v) is 6.36. The van der Waals surface area contributed by atoms with Gasteiger partial charge in [0.25, 0.3) is 5.91 Å². The maximum Gasteiger partial charge on any atom is 0.325 e. The third kappa shape index (κ3) is 4.22. The molecule has 0 radical (unpaired) electrons. The van der Waals surface area contributed by atoms with Crippen molar-refractivity contribution in [1.82, 2.24) is 15.5 Å². The van der Waals surface area contributed by atoms with E-state index >= 15 is 0 Å². The molecule has 0 aromatic rings. The quantitative estimate of drug-likeness (QED) is 0.555. The number of nitrogens with zero attached hydrogens (tertiary/aromatic N) is 1. The summed E-state index contributed by atoms with van der Waals surface area (Å²) in [5.74, 6) is -1.58. The Balaban J connectivity index is 2.27. The molecular weight excluding hydrogens is 266 g/mol. The van der Waals surface area contributed by atoms with Gasteiger partial charge in [0.1, 0.15) is 5.54 Å². The molecule has 1 aliphatic heterocycles. The average molecular weight is 285 g/mol. The van der Waals surface area contributed by atoms with Crippen LogP contribution in [0, 0.1) is 0 Å². The number of hydrogen-bond acceptors (Lipinski definition) is 4. The van der Waals surface area contributed by atoms with Gasteiger partial charge in [0.05, 0.1) is 6.42 Å². The van der Waals surface area contributed by atoms with Crippen LogP contribution in [0.15, 0.2) is 0 Å². The smallest absolute Gasteiger partial charge is 0.325 e. The lowest BCUT2D eigenvalue weighted by molar-refractivity contribution is -0.137. The first-order chi connectivity index (χ1) is 9.24. The average Bonchev–Trinajstić information content (AvgIpc) is 2.50. The van der Waals surface area contributed by atoms with Gasteiger partial charge < -0.3 is 15.7 Å². The monoisotopic (exact) mass is 285 g/mol. The van der Waals surface area contributed by atoms with Crippen molar-refractivity contribution in [2.45, 2.75) is 38.6 Å². The molecule has 0 atom stereocenters. The Morgan fingerprint density at radius 3 is 2.45 bits per heavy atom. The van der Waals surface area contributed by atoms with Crippen molar-refractivity contribution in [2.24, 2.45) is 0 Å². The Morgan fingerprint density at radius 1 is 1.30 bits per heavy atom. The van der Waals surface area contributed by atoms with Crippen molar-refractivity contribution in [3.05, 3.63) is 0 Å². The number of carbonyl (C=O) groups is 4. The zero-order valence-electron chi connectivity index (χ0n) is 11.6. The van der Waals surface area contributed by atoms with E-state index < -0.39 is 17.5 Å². The third-order valence-corrected chi connectivity index (χ3v) is 2.89. The minimum absolute atomic E-state index is 0.0737. The van der Waals surface area contributed by atoms with Crippen LogP contribution in [-0.4, -0.2) is 52.4 Å². The molecule has 20 heavy (non-hydrogen) atoms. The van der Waals surface area contributed by atoms with E-state index in [1.54, 1.807) is 13.8 Å². The van der Waals surface area contributed by atoms with E-state index in [0.717, 1.165) is 4.90 Å². The van der Waals surface area contributed by atoms with Crippen molar-refractivity contribution < 1.29 is 24.3 Å². The number of imide groups is 1. The number of urea groups is 1. The molecule has 0 aromatic carbocycles. The highest BCUT2D eigenvalue weighted by molar-refractivity contribution is 6.06. The van der Waals surface area contributed by atoms with Crippen molar-refractivity contribution in [2.75, 3.05) is 13.1 Å². The lowest BCUT2D eigenvalue weighted by Crippen LogP contribution is -2.40. The third-order valence-electron chi connectivity index (χ3n) is 2.89. The molecule has 0 unspecified atom stereocenters. The summed E-state index contributed by atoms with van der Waals surface area (Å²) in [4.78, 5) is 46.1. The molecule has 0 spiro atoms. The second kappa shape index (κ2) is 6.36. The lowest BCUT2D eigenvalue weighted by Gasteiger charge is -2.15. The Labute approximate surface area is 116 Å². The Bertz CT molecular complexity index is 433. The highest BCUT2D eigenvalue weighted by Crippen LogP contribution is 2.16. The summed E-state index contributed by atoms with van der Waals surface area (Å²) in [6.07, 6.45) is 0.345. The van der Waals surface area contributed by atoms with E-state index in [0.29, 0.717) is 6.42 Å². The summed E-state index contributed by atoms with van der Waals surface area (Å²) < 4.78 is 0. The molecule has 0 aliphatic carbocycles. The summed E-state index contributed by atoms with van der Waals surface area (Å²) in [6, 6.07) is -0.453. The number of amides is 4. The molecule has 8 heteroatoms. The highest BCUT2D eigenvalue weighted by atomic mass is 16.4. The van der Waals surface area contributed by atoms with Crippen LogP contribution in [0.1, 0.15) is 33.1 Å². The molecule has 1 heterocycles. The number of rotatable bonds is 7. The fourth-order valence-corrected chi connectivity index (χ4v) is 1.82. The predicted octanol–water partition coefficient (Wildman–Crippen LogP) is -0.312. The molecular formula is C12H19N3O5. The molecule has 0 aromatic heterocycles. The van der Waals surface area contributed by atoms with E-state index in [-0.39, 0.29) is 37.7 Å². The lowest BCUT2D eigenvalue weighted by atomic mass is 10.1. The van der Waals surface area contributed by atoms with Gasteiger partial charge in [-0.2, -0.15) is 0 Å². The van der Waals surface area contributed by atoms with Gasteiger partial charge >= 0.3 is 12.0 Å².